The van der Waals surface area contributed by atoms with Crippen LogP contribution < -0.4 is 0 Å². The number of hydrogen-bond donors (Lipinski definition) is 0. The van der Waals surface area contributed by atoms with Gasteiger partial charge in [0.1, 0.15) is 0 Å². The second-order valence-corrected chi connectivity index (χ2v) is 9.29. The molecule has 0 aromatic carbocycles. The standard InChI is InChI=1S/C29H54O4/c1-3-5-7-9-11-13-14-15-16-18-20-22-27-33-29(31)25-23-24-28(30)32-26-21-19-17-12-10-8-6-4-2/h18,20H,3-17,19,21-27H2,1-2H3/b20-18+. The van der Waals surface area contributed by atoms with Crippen molar-refractivity contribution in [2.75, 3.05) is 13.2 Å². The zero-order chi connectivity index (χ0) is 24.2. The van der Waals surface area contributed by atoms with E-state index in [0.717, 1.165) is 25.7 Å². The minimum atomic E-state index is -0.220. The fraction of sp³-hybridized carbons (Fsp3) is 0.862. The summed E-state index contributed by atoms with van der Waals surface area (Å²) >= 11 is 0. The van der Waals surface area contributed by atoms with Crippen LogP contribution in [0.4, 0.5) is 0 Å². The quantitative estimate of drug-likeness (QED) is 0.0765. The molecule has 0 saturated carbocycles. The van der Waals surface area contributed by atoms with Crippen molar-refractivity contribution in [2.45, 2.75) is 149 Å². The van der Waals surface area contributed by atoms with Crippen LogP contribution in [-0.4, -0.2) is 25.2 Å². The molecule has 0 amide bonds. The molecule has 0 spiro atoms. The Hall–Kier alpha value is -1.32. The van der Waals surface area contributed by atoms with E-state index in [0.29, 0.717) is 26.1 Å². The summed E-state index contributed by atoms with van der Waals surface area (Å²) in [5.41, 5.74) is 0. The van der Waals surface area contributed by atoms with Gasteiger partial charge in [-0.3, -0.25) is 9.59 Å². The molecular formula is C29H54O4. The Labute approximate surface area is 205 Å². The largest absolute Gasteiger partial charge is 0.466 e. The van der Waals surface area contributed by atoms with E-state index in [1.807, 2.05) is 0 Å². The van der Waals surface area contributed by atoms with Gasteiger partial charge in [-0.1, -0.05) is 116 Å². The zero-order valence-electron chi connectivity index (χ0n) is 22.1. The highest BCUT2D eigenvalue weighted by Crippen LogP contribution is 2.10. The molecule has 33 heavy (non-hydrogen) atoms. The van der Waals surface area contributed by atoms with E-state index in [-0.39, 0.29) is 18.4 Å². The third-order valence-corrected chi connectivity index (χ3v) is 5.96. The summed E-state index contributed by atoms with van der Waals surface area (Å²) in [6.45, 7) is 5.42. The highest BCUT2D eigenvalue weighted by atomic mass is 16.5. The van der Waals surface area contributed by atoms with E-state index in [9.17, 15) is 9.59 Å². The Morgan fingerprint density at radius 1 is 0.485 bits per heavy atom. The topological polar surface area (TPSA) is 52.6 Å². The molecule has 0 fully saturated rings. The fourth-order valence-electron chi connectivity index (χ4n) is 3.82. The molecule has 0 atom stereocenters. The molecule has 0 heterocycles. The molecule has 0 saturated heterocycles. The molecule has 0 aliphatic heterocycles. The fourth-order valence-corrected chi connectivity index (χ4v) is 3.82. The Kier molecular flexibility index (Phi) is 25.9. The SMILES string of the molecule is CCCCCCCCCC/C=C/CCOC(=O)CCCC(=O)OCCCCCCCCCC. The van der Waals surface area contributed by atoms with Crippen molar-refractivity contribution in [1.82, 2.24) is 0 Å². The van der Waals surface area contributed by atoms with Gasteiger partial charge in [0, 0.05) is 12.8 Å². The summed E-state index contributed by atoms with van der Waals surface area (Å²) in [6.07, 6.45) is 27.9. The lowest BCUT2D eigenvalue weighted by Gasteiger charge is -2.05. The maximum atomic E-state index is 11.8. The summed E-state index contributed by atoms with van der Waals surface area (Å²) in [6, 6.07) is 0. The first-order valence-electron chi connectivity index (χ1n) is 14.2. The van der Waals surface area contributed by atoms with Gasteiger partial charge in [0.25, 0.3) is 0 Å². The minimum absolute atomic E-state index is 0.199. The highest BCUT2D eigenvalue weighted by Gasteiger charge is 2.07. The van der Waals surface area contributed by atoms with Crippen LogP contribution in [0.3, 0.4) is 0 Å². The first kappa shape index (κ1) is 31.7. The maximum absolute atomic E-state index is 11.8. The van der Waals surface area contributed by atoms with Crippen molar-refractivity contribution in [3.8, 4) is 0 Å². The van der Waals surface area contributed by atoms with Gasteiger partial charge in [-0.2, -0.15) is 0 Å². The maximum Gasteiger partial charge on any atom is 0.305 e. The Morgan fingerprint density at radius 3 is 1.45 bits per heavy atom. The van der Waals surface area contributed by atoms with Crippen LogP contribution in [0.1, 0.15) is 149 Å². The van der Waals surface area contributed by atoms with Crippen LogP contribution in [0.15, 0.2) is 12.2 Å². The molecule has 0 rings (SSSR count). The second kappa shape index (κ2) is 26.9. The number of hydrogen-bond acceptors (Lipinski definition) is 4. The van der Waals surface area contributed by atoms with E-state index < -0.39 is 0 Å². The van der Waals surface area contributed by atoms with Gasteiger partial charge in [-0.05, 0) is 32.1 Å². The van der Waals surface area contributed by atoms with Crippen molar-refractivity contribution in [3.63, 3.8) is 0 Å². The molecule has 4 nitrogen and oxygen atoms in total. The first-order valence-corrected chi connectivity index (χ1v) is 14.2. The minimum Gasteiger partial charge on any atom is -0.466 e. The molecular weight excluding hydrogens is 412 g/mol. The van der Waals surface area contributed by atoms with E-state index in [4.69, 9.17) is 9.47 Å². The normalized spacial score (nSPS) is 11.2. The average Bonchev–Trinajstić information content (AvgIpc) is 2.81. The molecule has 0 aromatic heterocycles. The van der Waals surface area contributed by atoms with Crippen LogP contribution in [0.5, 0.6) is 0 Å². The van der Waals surface area contributed by atoms with Gasteiger partial charge in [0.15, 0.2) is 0 Å². The highest BCUT2D eigenvalue weighted by molar-refractivity contribution is 5.72. The number of rotatable bonds is 25. The summed E-state index contributed by atoms with van der Waals surface area (Å²) in [5.74, 6) is -0.419. The Bertz CT molecular complexity index is 459. The van der Waals surface area contributed by atoms with Crippen LogP contribution in [0, 0.1) is 0 Å². The lowest BCUT2D eigenvalue weighted by molar-refractivity contribution is -0.145. The van der Waals surface area contributed by atoms with Crippen LogP contribution >= 0.6 is 0 Å². The third kappa shape index (κ3) is 26.8. The number of unbranched alkanes of at least 4 members (excludes halogenated alkanes) is 15. The molecule has 0 aromatic rings. The van der Waals surface area contributed by atoms with Crippen molar-refractivity contribution in [1.29, 1.82) is 0 Å². The van der Waals surface area contributed by atoms with Crippen molar-refractivity contribution in [3.05, 3.63) is 12.2 Å². The van der Waals surface area contributed by atoms with E-state index in [1.165, 1.54) is 89.9 Å². The van der Waals surface area contributed by atoms with Crippen molar-refractivity contribution >= 4 is 11.9 Å². The molecule has 0 radical (unpaired) electrons. The summed E-state index contributed by atoms with van der Waals surface area (Å²) in [7, 11) is 0. The monoisotopic (exact) mass is 466 g/mol. The molecule has 0 bridgehead atoms. The average molecular weight is 467 g/mol. The lowest BCUT2D eigenvalue weighted by Crippen LogP contribution is -2.09. The molecule has 194 valence electrons. The van der Waals surface area contributed by atoms with Crippen LogP contribution in [0.2, 0.25) is 0 Å². The van der Waals surface area contributed by atoms with Crippen molar-refractivity contribution in [2.24, 2.45) is 0 Å². The van der Waals surface area contributed by atoms with Crippen molar-refractivity contribution < 1.29 is 19.1 Å². The lowest BCUT2D eigenvalue weighted by atomic mass is 10.1. The summed E-state index contributed by atoms with van der Waals surface area (Å²) in [4.78, 5) is 23.5. The predicted molar refractivity (Wildman–Crippen MR) is 139 cm³/mol. The Morgan fingerprint density at radius 2 is 0.909 bits per heavy atom. The van der Waals surface area contributed by atoms with Gasteiger partial charge < -0.3 is 9.47 Å². The predicted octanol–water partition coefficient (Wildman–Crippen LogP) is 8.86. The number of carbonyl (C=O) groups excluding carboxylic acids is 2. The molecule has 4 heteroatoms. The number of carbonyl (C=O) groups is 2. The number of allylic oxidation sites excluding steroid dienone is 1. The molecule has 0 unspecified atom stereocenters. The second-order valence-electron chi connectivity index (χ2n) is 9.29. The first-order chi connectivity index (χ1) is 16.2. The Balaban J connectivity index is 3.36. The number of ether oxygens (including phenoxy) is 2. The van der Waals surface area contributed by atoms with Crippen LogP contribution in [-0.2, 0) is 19.1 Å². The van der Waals surface area contributed by atoms with E-state index >= 15 is 0 Å². The van der Waals surface area contributed by atoms with E-state index in [1.54, 1.807) is 0 Å². The molecule has 0 aliphatic carbocycles. The van der Waals surface area contributed by atoms with E-state index in [2.05, 4.69) is 26.0 Å². The van der Waals surface area contributed by atoms with Gasteiger partial charge in [-0.15, -0.1) is 0 Å². The summed E-state index contributed by atoms with van der Waals surface area (Å²) < 4.78 is 10.5. The molecule has 0 N–H and O–H groups in total. The van der Waals surface area contributed by atoms with Gasteiger partial charge in [0.05, 0.1) is 13.2 Å². The smallest absolute Gasteiger partial charge is 0.305 e. The zero-order valence-corrected chi connectivity index (χ0v) is 22.1. The van der Waals surface area contributed by atoms with Gasteiger partial charge in [0.2, 0.25) is 0 Å². The van der Waals surface area contributed by atoms with Gasteiger partial charge in [-0.25, -0.2) is 0 Å². The third-order valence-electron chi connectivity index (χ3n) is 5.96. The van der Waals surface area contributed by atoms with Gasteiger partial charge >= 0.3 is 11.9 Å². The molecule has 0 aliphatic rings. The van der Waals surface area contributed by atoms with Crippen LogP contribution in [0.25, 0.3) is 0 Å². The number of esters is 2. The summed E-state index contributed by atoms with van der Waals surface area (Å²) in [5, 5.41) is 0.